The molecule has 0 aromatic heterocycles. The van der Waals surface area contributed by atoms with Gasteiger partial charge in [-0.15, -0.1) is 0 Å². The minimum atomic E-state index is -0.535. The van der Waals surface area contributed by atoms with Crippen molar-refractivity contribution < 1.29 is 9.82 Å². The molecule has 0 aliphatic carbocycles. The Kier molecular flexibility index (Phi) is 4.79. The van der Waals surface area contributed by atoms with Crippen molar-refractivity contribution >= 4 is 30.2 Å². The van der Waals surface area contributed by atoms with E-state index in [1.165, 1.54) is 0 Å². The second-order valence-corrected chi connectivity index (χ2v) is 8.15. The van der Waals surface area contributed by atoms with Crippen LogP contribution in [0.4, 0.5) is 5.69 Å². The minimum absolute atomic E-state index is 0.160. The number of nitrogens with zero attached hydrogens (tertiary/aromatic N) is 2. The summed E-state index contributed by atoms with van der Waals surface area (Å²) in [4.78, 5) is 17.6. The number of carbonyl (C=O) groups excluding carboxylic acids is 1. The lowest BCUT2D eigenvalue weighted by Gasteiger charge is -2.39. The van der Waals surface area contributed by atoms with E-state index in [4.69, 9.17) is 11.6 Å². The molecule has 0 atom stereocenters. The molecule has 0 radical (unpaired) electrons. The van der Waals surface area contributed by atoms with Crippen molar-refractivity contribution in [1.29, 1.82) is 0 Å². The van der Waals surface area contributed by atoms with Gasteiger partial charge in [0.1, 0.15) is 0 Å². The fourth-order valence-corrected chi connectivity index (χ4v) is 4.61. The number of piperidine rings is 1. The molecule has 1 spiro atoms. The van der Waals surface area contributed by atoms with Gasteiger partial charge in [-0.3, -0.25) is 4.79 Å². The molecule has 2 aliphatic rings. The third-order valence-corrected chi connectivity index (χ3v) is 6.51. The van der Waals surface area contributed by atoms with Crippen LogP contribution in [-0.4, -0.2) is 35.9 Å². The van der Waals surface area contributed by atoms with E-state index in [1.807, 2.05) is 47.0 Å². The van der Waals surface area contributed by atoms with Gasteiger partial charge in [-0.25, -0.2) is 0 Å². The number of benzene rings is 2. The number of aryl methyl sites for hydroxylation is 1. The summed E-state index contributed by atoms with van der Waals surface area (Å²) in [5.41, 5.74) is 3.59. The SMILES string of the molecule is CB(O)N1CCC2(CC1)C(=O)N(Cc1ccccc1)c1cc(C)c(Cl)cc12. The fraction of sp³-hybridized carbons (Fsp3) is 0.381. The summed E-state index contributed by atoms with van der Waals surface area (Å²) in [5, 5.41) is 10.6. The maximum Gasteiger partial charge on any atom is 0.376 e. The van der Waals surface area contributed by atoms with Gasteiger partial charge in [-0.1, -0.05) is 41.9 Å². The fourth-order valence-electron chi connectivity index (χ4n) is 4.44. The zero-order valence-corrected chi connectivity index (χ0v) is 16.5. The van der Waals surface area contributed by atoms with Gasteiger partial charge < -0.3 is 14.7 Å². The summed E-state index contributed by atoms with van der Waals surface area (Å²) in [6.45, 7) is 5.73. The molecule has 2 aromatic rings. The van der Waals surface area contributed by atoms with E-state index in [0.29, 0.717) is 37.5 Å². The van der Waals surface area contributed by atoms with E-state index in [-0.39, 0.29) is 5.91 Å². The van der Waals surface area contributed by atoms with Crippen molar-refractivity contribution in [3.63, 3.8) is 0 Å². The zero-order chi connectivity index (χ0) is 19.2. The van der Waals surface area contributed by atoms with E-state index in [1.54, 1.807) is 6.82 Å². The number of rotatable bonds is 3. The Balaban J connectivity index is 1.74. The Hall–Kier alpha value is -1.82. The maximum absolute atomic E-state index is 13.6. The summed E-state index contributed by atoms with van der Waals surface area (Å²) in [6, 6.07) is 14.1. The normalized spacial score (nSPS) is 18.8. The topological polar surface area (TPSA) is 43.8 Å². The van der Waals surface area contributed by atoms with Gasteiger partial charge in [0.25, 0.3) is 0 Å². The highest BCUT2D eigenvalue weighted by atomic mass is 35.5. The highest BCUT2D eigenvalue weighted by Crippen LogP contribution is 2.50. The van der Waals surface area contributed by atoms with Gasteiger partial charge in [0.05, 0.1) is 12.0 Å². The lowest BCUT2D eigenvalue weighted by molar-refractivity contribution is -0.124. The molecular formula is C21H24BClN2O2. The second-order valence-electron chi connectivity index (χ2n) is 7.75. The lowest BCUT2D eigenvalue weighted by atomic mass is 9.70. The van der Waals surface area contributed by atoms with Gasteiger partial charge in [0.2, 0.25) is 5.91 Å². The van der Waals surface area contributed by atoms with E-state index >= 15 is 0 Å². The van der Waals surface area contributed by atoms with E-state index < -0.39 is 12.5 Å². The van der Waals surface area contributed by atoms with Crippen molar-refractivity contribution in [3.8, 4) is 0 Å². The van der Waals surface area contributed by atoms with Crippen molar-refractivity contribution in [2.24, 2.45) is 0 Å². The smallest absolute Gasteiger partial charge is 0.376 e. The number of amides is 1. The van der Waals surface area contributed by atoms with Crippen molar-refractivity contribution in [2.75, 3.05) is 18.0 Å². The average Bonchev–Trinajstić information content (AvgIpc) is 2.86. The monoisotopic (exact) mass is 382 g/mol. The third-order valence-electron chi connectivity index (χ3n) is 6.10. The molecule has 0 bridgehead atoms. The number of halogens is 1. The van der Waals surface area contributed by atoms with E-state index in [2.05, 4.69) is 12.1 Å². The average molecular weight is 383 g/mol. The van der Waals surface area contributed by atoms with Crippen LogP contribution >= 0.6 is 11.6 Å². The molecule has 1 N–H and O–H groups in total. The predicted molar refractivity (Wildman–Crippen MR) is 110 cm³/mol. The summed E-state index contributed by atoms with van der Waals surface area (Å²) in [6.07, 6.45) is 1.41. The van der Waals surface area contributed by atoms with Crippen LogP contribution < -0.4 is 4.90 Å². The molecule has 2 aromatic carbocycles. The first-order valence-corrected chi connectivity index (χ1v) is 9.89. The quantitative estimate of drug-likeness (QED) is 0.824. The Morgan fingerprint density at radius 1 is 1.19 bits per heavy atom. The first kappa shape index (κ1) is 18.5. The molecule has 0 saturated carbocycles. The van der Waals surface area contributed by atoms with Gasteiger partial charge in [0, 0.05) is 10.7 Å². The van der Waals surface area contributed by atoms with Crippen LogP contribution in [0.3, 0.4) is 0 Å². The van der Waals surface area contributed by atoms with Gasteiger partial charge in [-0.05, 0) is 68.5 Å². The second kappa shape index (κ2) is 6.97. The van der Waals surface area contributed by atoms with Crippen LogP contribution in [-0.2, 0) is 16.8 Å². The molecule has 2 heterocycles. The number of hydrogen-bond acceptors (Lipinski definition) is 3. The molecule has 0 unspecified atom stereocenters. The molecule has 6 heteroatoms. The molecule has 1 saturated heterocycles. The van der Waals surface area contributed by atoms with Crippen LogP contribution in [0.15, 0.2) is 42.5 Å². The molecular weight excluding hydrogens is 359 g/mol. The van der Waals surface area contributed by atoms with Crippen LogP contribution in [0.2, 0.25) is 11.8 Å². The number of fused-ring (bicyclic) bond motifs is 2. The number of carbonyl (C=O) groups is 1. The highest BCUT2D eigenvalue weighted by molar-refractivity contribution is 6.45. The van der Waals surface area contributed by atoms with E-state index in [9.17, 15) is 9.82 Å². The predicted octanol–water partition coefficient (Wildman–Crippen LogP) is 3.64. The Labute approximate surface area is 165 Å². The zero-order valence-electron chi connectivity index (χ0n) is 15.8. The largest absolute Gasteiger partial charge is 0.437 e. The first-order chi connectivity index (χ1) is 12.9. The Morgan fingerprint density at radius 3 is 2.48 bits per heavy atom. The standard InChI is InChI=1S/C21H24BClN2O2/c1-15-12-19-17(13-18(15)23)21(8-10-24(11-9-21)22(2)27)20(26)25(19)14-16-6-4-3-5-7-16/h3-7,12-13,27H,8-11,14H2,1-2H3. The third kappa shape index (κ3) is 3.08. The molecule has 2 aliphatic heterocycles. The molecule has 27 heavy (non-hydrogen) atoms. The highest BCUT2D eigenvalue weighted by Gasteiger charge is 2.52. The van der Waals surface area contributed by atoms with Crippen LogP contribution in [0.1, 0.15) is 29.5 Å². The molecule has 4 rings (SSSR count). The Morgan fingerprint density at radius 2 is 1.85 bits per heavy atom. The van der Waals surface area contributed by atoms with Crippen molar-refractivity contribution in [3.05, 3.63) is 64.2 Å². The molecule has 4 nitrogen and oxygen atoms in total. The Bertz CT molecular complexity index is 864. The minimum Gasteiger partial charge on any atom is -0.437 e. The molecule has 1 fully saturated rings. The van der Waals surface area contributed by atoms with Gasteiger partial charge in [-0.2, -0.15) is 0 Å². The number of hydrogen-bond donors (Lipinski definition) is 1. The summed E-state index contributed by atoms with van der Waals surface area (Å²) in [7, 11) is -0.486. The molecule has 140 valence electrons. The summed E-state index contributed by atoms with van der Waals surface area (Å²) < 4.78 is 0. The lowest BCUT2D eigenvalue weighted by Crippen LogP contribution is -2.51. The van der Waals surface area contributed by atoms with Gasteiger partial charge >= 0.3 is 7.05 Å². The molecule has 1 amide bonds. The van der Waals surface area contributed by atoms with Crippen LogP contribution in [0.25, 0.3) is 0 Å². The summed E-state index contributed by atoms with van der Waals surface area (Å²) >= 11 is 6.45. The van der Waals surface area contributed by atoms with Crippen molar-refractivity contribution in [1.82, 2.24) is 4.81 Å². The van der Waals surface area contributed by atoms with E-state index in [0.717, 1.165) is 22.4 Å². The first-order valence-electron chi connectivity index (χ1n) is 9.51. The van der Waals surface area contributed by atoms with Gasteiger partial charge in [0.15, 0.2) is 0 Å². The van der Waals surface area contributed by atoms with Crippen molar-refractivity contribution in [2.45, 2.75) is 38.5 Å². The maximum atomic E-state index is 13.6. The van der Waals surface area contributed by atoms with Crippen LogP contribution in [0.5, 0.6) is 0 Å². The summed E-state index contributed by atoms with van der Waals surface area (Å²) in [5.74, 6) is 0.160. The number of anilines is 1. The van der Waals surface area contributed by atoms with Crippen LogP contribution in [0, 0.1) is 6.92 Å².